The number of hydrogen-bond acceptors (Lipinski definition) is 5. The summed E-state index contributed by atoms with van der Waals surface area (Å²) in [5.41, 5.74) is 0. The molecule has 418 valence electrons. The second kappa shape index (κ2) is 59.2. The SMILES string of the molecule is CCCCCCCCCC/C=C/CC/C=C/CCCC(O)C(O)C(CO)NC(=O)C(O)CCCCCCCCCCCCCCCCCC/C=C\C/C=C\CCCCCCCCCCCCCCCCC. The first-order valence-corrected chi connectivity index (χ1v) is 31.5. The number of allylic oxidation sites excluding steroid dienone is 8. The third-order valence-corrected chi connectivity index (χ3v) is 14.7. The van der Waals surface area contributed by atoms with E-state index in [4.69, 9.17) is 0 Å². The Bertz CT molecular complexity index is 1170. The van der Waals surface area contributed by atoms with Gasteiger partial charge in [0.15, 0.2) is 0 Å². The molecule has 0 heterocycles. The van der Waals surface area contributed by atoms with E-state index in [2.05, 4.69) is 67.8 Å². The van der Waals surface area contributed by atoms with E-state index in [9.17, 15) is 25.2 Å². The van der Waals surface area contributed by atoms with E-state index >= 15 is 0 Å². The van der Waals surface area contributed by atoms with Crippen molar-refractivity contribution in [2.24, 2.45) is 0 Å². The fourth-order valence-electron chi connectivity index (χ4n) is 9.81. The molecule has 4 unspecified atom stereocenters. The summed E-state index contributed by atoms with van der Waals surface area (Å²) in [5.74, 6) is -0.595. The zero-order valence-electron chi connectivity index (χ0n) is 47.5. The standard InChI is InChI=1S/C65H123NO5/c1-3-5-7-9-11-13-15-17-19-21-22-23-24-25-26-27-28-29-30-31-32-33-34-35-36-37-38-39-40-41-43-45-47-49-51-53-55-57-59-63(69)65(71)66-61(60-67)64(70)62(68)58-56-54-52-50-48-46-44-42-20-18-16-14-12-10-8-6-4-2/h28-29,31-32,42,44,50,52,61-64,67-70H,3-27,30,33-41,43,45-49,51,53-60H2,1-2H3,(H,66,71)/b29-28-,32-31-,44-42+,52-50+. The number of aliphatic hydroxyl groups is 4. The van der Waals surface area contributed by atoms with E-state index in [0.717, 1.165) is 44.9 Å². The van der Waals surface area contributed by atoms with Crippen LogP contribution in [-0.4, -0.2) is 57.3 Å². The van der Waals surface area contributed by atoms with E-state index < -0.39 is 36.9 Å². The molecule has 0 rings (SSSR count). The molecule has 0 aliphatic heterocycles. The molecular formula is C65H123NO5. The summed E-state index contributed by atoms with van der Waals surface area (Å²) in [6.45, 7) is 4.06. The summed E-state index contributed by atoms with van der Waals surface area (Å²) in [4.78, 5) is 12.6. The van der Waals surface area contributed by atoms with Crippen molar-refractivity contribution in [2.45, 2.75) is 353 Å². The minimum absolute atomic E-state index is 0.360. The van der Waals surface area contributed by atoms with Gasteiger partial charge in [0.2, 0.25) is 5.91 Å². The normalized spacial score (nSPS) is 13.9. The van der Waals surface area contributed by atoms with Gasteiger partial charge in [0.05, 0.1) is 18.8 Å². The minimum Gasteiger partial charge on any atom is -0.394 e. The number of hydrogen-bond donors (Lipinski definition) is 5. The van der Waals surface area contributed by atoms with Crippen LogP contribution >= 0.6 is 0 Å². The van der Waals surface area contributed by atoms with Crippen molar-refractivity contribution < 1.29 is 25.2 Å². The van der Waals surface area contributed by atoms with Crippen LogP contribution in [0.2, 0.25) is 0 Å². The third kappa shape index (κ3) is 52.9. The van der Waals surface area contributed by atoms with Crippen LogP contribution in [0.25, 0.3) is 0 Å². The van der Waals surface area contributed by atoms with E-state index in [1.165, 1.54) is 250 Å². The van der Waals surface area contributed by atoms with Crippen LogP contribution in [0.4, 0.5) is 0 Å². The van der Waals surface area contributed by atoms with Crippen molar-refractivity contribution >= 4 is 5.91 Å². The van der Waals surface area contributed by atoms with Gasteiger partial charge < -0.3 is 25.7 Å². The monoisotopic (exact) mass is 998 g/mol. The first-order valence-electron chi connectivity index (χ1n) is 31.5. The average Bonchev–Trinajstić information content (AvgIpc) is 3.38. The van der Waals surface area contributed by atoms with Gasteiger partial charge in [-0.15, -0.1) is 0 Å². The molecule has 0 bridgehead atoms. The van der Waals surface area contributed by atoms with Crippen LogP contribution in [-0.2, 0) is 4.79 Å². The van der Waals surface area contributed by atoms with E-state index in [0.29, 0.717) is 19.3 Å². The van der Waals surface area contributed by atoms with Gasteiger partial charge >= 0.3 is 0 Å². The summed E-state index contributed by atoms with van der Waals surface area (Å²) < 4.78 is 0. The van der Waals surface area contributed by atoms with Crippen molar-refractivity contribution in [3.63, 3.8) is 0 Å². The number of nitrogens with one attached hydrogen (secondary N) is 1. The van der Waals surface area contributed by atoms with Crippen molar-refractivity contribution in [3.05, 3.63) is 48.6 Å². The van der Waals surface area contributed by atoms with E-state index in [1.807, 2.05) is 0 Å². The van der Waals surface area contributed by atoms with Crippen LogP contribution in [0, 0.1) is 0 Å². The summed E-state index contributed by atoms with van der Waals surface area (Å²) in [6, 6.07) is -1.01. The molecular weight excluding hydrogens is 875 g/mol. The molecule has 6 heteroatoms. The van der Waals surface area contributed by atoms with Gasteiger partial charge in [-0.3, -0.25) is 4.79 Å². The fraction of sp³-hybridized carbons (Fsp3) is 0.862. The highest BCUT2D eigenvalue weighted by Crippen LogP contribution is 2.18. The van der Waals surface area contributed by atoms with Crippen molar-refractivity contribution in [1.29, 1.82) is 0 Å². The molecule has 0 aromatic rings. The Hall–Kier alpha value is -1.73. The maximum absolute atomic E-state index is 12.6. The van der Waals surface area contributed by atoms with Gasteiger partial charge in [0.1, 0.15) is 12.2 Å². The molecule has 5 N–H and O–H groups in total. The minimum atomic E-state index is -1.29. The number of aliphatic hydroxyl groups excluding tert-OH is 4. The van der Waals surface area contributed by atoms with Crippen LogP contribution < -0.4 is 5.32 Å². The number of carbonyl (C=O) groups is 1. The predicted octanol–water partition coefficient (Wildman–Crippen LogP) is 18.9. The van der Waals surface area contributed by atoms with Crippen LogP contribution in [0.5, 0.6) is 0 Å². The summed E-state index contributed by atoms with van der Waals surface area (Å²) in [5, 5.41) is 44.0. The van der Waals surface area contributed by atoms with Gasteiger partial charge in [-0.05, 0) is 83.5 Å². The molecule has 71 heavy (non-hydrogen) atoms. The van der Waals surface area contributed by atoms with E-state index in [-0.39, 0.29) is 0 Å². The summed E-state index contributed by atoms with van der Waals surface area (Å²) in [6.07, 6.45) is 76.5. The number of rotatable bonds is 58. The highest BCUT2D eigenvalue weighted by molar-refractivity contribution is 5.80. The Labute approximate surface area is 442 Å². The Morgan fingerprint density at radius 2 is 0.634 bits per heavy atom. The maximum Gasteiger partial charge on any atom is 0.249 e. The van der Waals surface area contributed by atoms with Crippen molar-refractivity contribution in [2.75, 3.05) is 6.61 Å². The van der Waals surface area contributed by atoms with Crippen molar-refractivity contribution in [1.82, 2.24) is 5.32 Å². The quantitative estimate of drug-likeness (QED) is 0.0308. The lowest BCUT2D eigenvalue weighted by Crippen LogP contribution is -2.53. The molecule has 0 radical (unpaired) electrons. The number of carbonyl (C=O) groups excluding carboxylic acids is 1. The van der Waals surface area contributed by atoms with E-state index in [1.54, 1.807) is 0 Å². The first-order chi connectivity index (χ1) is 35.0. The topological polar surface area (TPSA) is 110 Å². The maximum atomic E-state index is 12.6. The first kappa shape index (κ1) is 69.3. The predicted molar refractivity (Wildman–Crippen MR) is 311 cm³/mol. The van der Waals surface area contributed by atoms with Crippen molar-refractivity contribution in [3.8, 4) is 0 Å². The van der Waals surface area contributed by atoms with Gasteiger partial charge in [0, 0.05) is 0 Å². The molecule has 1 amide bonds. The van der Waals surface area contributed by atoms with Gasteiger partial charge in [0.25, 0.3) is 0 Å². The number of amides is 1. The highest BCUT2D eigenvalue weighted by atomic mass is 16.3. The molecule has 0 spiro atoms. The zero-order chi connectivity index (χ0) is 51.6. The summed E-state index contributed by atoms with van der Waals surface area (Å²) in [7, 11) is 0. The highest BCUT2D eigenvalue weighted by Gasteiger charge is 2.28. The average molecular weight is 999 g/mol. The second-order valence-electron chi connectivity index (χ2n) is 21.7. The molecule has 0 aromatic carbocycles. The van der Waals surface area contributed by atoms with Crippen LogP contribution in [0.1, 0.15) is 328 Å². The molecule has 6 nitrogen and oxygen atoms in total. The molecule has 0 aliphatic carbocycles. The lowest BCUT2D eigenvalue weighted by atomic mass is 10.00. The number of unbranched alkanes of at least 4 members (excludes halogenated alkanes) is 41. The Balaban J connectivity index is 3.57. The molecule has 0 saturated heterocycles. The smallest absolute Gasteiger partial charge is 0.249 e. The lowest BCUT2D eigenvalue weighted by Gasteiger charge is -2.27. The van der Waals surface area contributed by atoms with Gasteiger partial charge in [-0.2, -0.15) is 0 Å². The summed E-state index contributed by atoms with van der Waals surface area (Å²) >= 11 is 0. The molecule has 0 fully saturated rings. The zero-order valence-corrected chi connectivity index (χ0v) is 47.5. The van der Waals surface area contributed by atoms with Crippen LogP contribution in [0.3, 0.4) is 0 Å². The molecule has 0 aliphatic rings. The fourth-order valence-corrected chi connectivity index (χ4v) is 9.81. The lowest BCUT2D eigenvalue weighted by molar-refractivity contribution is -0.132. The Morgan fingerprint density at radius 3 is 0.972 bits per heavy atom. The second-order valence-corrected chi connectivity index (χ2v) is 21.7. The molecule has 0 aromatic heterocycles. The van der Waals surface area contributed by atoms with Gasteiger partial charge in [-0.1, -0.05) is 294 Å². The Kier molecular flexibility index (Phi) is 57.7. The van der Waals surface area contributed by atoms with Crippen LogP contribution in [0.15, 0.2) is 48.6 Å². The largest absolute Gasteiger partial charge is 0.394 e. The molecule has 0 saturated carbocycles. The van der Waals surface area contributed by atoms with Gasteiger partial charge in [-0.25, -0.2) is 0 Å². The Morgan fingerprint density at radius 1 is 0.352 bits per heavy atom. The molecule has 4 atom stereocenters. The third-order valence-electron chi connectivity index (χ3n) is 14.7.